The van der Waals surface area contributed by atoms with E-state index in [0.29, 0.717) is 19.8 Å². The third-order valence-corrected chi connectivity index (χ3v) is 3.08. The number of imide groups is 2. The maximum atomic E-state index is 12.1. The molecule has 0 aromatic carbocycles. The summed E-state index contributed by atoms with van der Waals surface area (Å²) in [6.07, 6.45) is -0.336. The number of barbiturate groups is 1. The lowest BCUT2D eigenvalue weighted by Crippen LogP contribution is -2.63. The van der Waals surface area contributed by atoms with E-state index < -0.39 is 23.3 Å². The summed E-state index contributed by atoms with van der Waals surface area (Å²) in [7, 11) is 0. The molecule has 0 radical (unpaired) electrons. The minimum absolute atomic E-state index is 0.0986. The van der Waals surface area contributed by atoms with Crippen molar-refractivity contribution >= 4 is 17.8 Å². The summed E-state index contributed by atoms with van der Waals surface area (Å²) in [5, 5.41) is 2.17. The first-order chi connectivity index (χ1) is 8.43. The van der Waals surface area contributed by atoms with Gasteiger partial charge < -0.3 is 9.47 Å². The van der Waals surface area contributed by atoms with E-state index in [2.05, 4.69) is 5.32 Å². The molecule has 0 aromatic heterocycles. The number of ether oxygens (including phenoxy) is 2. The highest BCUT2D eigenvalue weighted by molar-refractivity contribution is 6.18. The average Bonchev–Trinajstić information content (AvgIpc) is 2.34. The second-order valence-electron chi connectivity index (χ2n) is 4.87. The lowest BCUT2D eigenvalue weighted by atomic mass is 9.88. The van der Waals surface area contributed by atoms with Crippen LogP contribution in [0.4, 0.5) is 4.79 Å². The summed E-state index contributed by atoms with van der Waals surface area (Å²) in [5.74, 6) is -1.08. The minimum atomic E-state index is -1.23. The first-order valence-corrected chi connectivity index (χ1v) is 5.79. The molecule has 1 atom stereocenters. The fourth-order valence-corrected chi connectivity index (χ4v) is 1.86. The Morgan fingerprint density at radius 2 is 2.06 bits per heavy atom. The highest BCUT2D eigenvalue weighted by Crippen LogP contribution is 2.23. The van der Waals surface area contributed by atoms with Gasteiger partial charge in [0.15, 0.2) is 0 Å². The van der Waals surface area contributed by atoms with Crippen LogP contribution >= 0.6 is 0 Å². The van der Waals surface area contributed by atoms with Gasteiger partial charge in [-0.2, -0.15) is 0 Å². The van der Waals surface area contributed by atoms with Crippen molar-refractivity contribution in [3.8, 4) is 0 Å². The summed E-state index contributed by atoms with van der Waals surface area (Å²) >= 11 is 0. The summed E-state index contributed by atoms with van der Waals surface area (Å²) in [5.41, 5.74) is -1.23. The lowest BCUT2D eigenvalue weighted by molar-refractivity contribution is -0.152. The van der Waals surface area contributed by atoms with Crippen LogP contribution in [0.1, 0.15) is 13.8 Å². The monoisotopic (exact) mass is 256 g/mol. The van der Waals surface area contributed by atoms with Crippen molar-refractivity contribution < 1.29 is 23.9 Å². The zero-order chi connectivity index (χ0) is 13.3. The average molecular weight is 256 g/mol. The molecule has 2 aliphatic rings. The highest BCUT2D eigenvalue weighted by Gasteiger charge is 2.47. The van der Waals surface area contributed by atoms with Crippen LogP contribution in [0.2, 0.25) is 0 Å². The second kappa shape index (κ2) is 4.66. The van der Waals surface area contributed by atoms with E-state index in [1.807, 2.05) is 0 Å². The van der Waals surface area contributed by atoms with E-state index >= 15 is 0 Å². The molecule has 18 heavy (non-hydrogen) atoms. The zero-order valence-electron chi connectivity index (χ0n) is 10.4. The summed E-state index contributed by atoms with van der Waals surface area (Å²) in [6.45, 7) is 4.37. The van der Waals surface area contributed by atoms with Crippen LogP contribution in [0.5, 0.6) is 0 Å². The molecule has 0 bridgehead atoms. The summed E-state index contributed by atoms with van der Waals surface area (Å²) < 4.78 is 10.6. The van der Waals surface area contributed by atoms with Crippen molar-refractivity contribution in [2.24, 2.45) is 5.41 Å². The van der Waals surface area contributed by atoms with Gasteiger partial charge in [0.1, 0.15) is 5.41 Å². The molecule has 7 nitrogen and oxygen atoms in total. The number of carbonyl (C=O) groups is 3. The van der Waals surface area contributed by atoms with Crippen molar-refractivity contribution in [1.82, 2.24) is 10.2 Å². The van der Waals surface area contributed by atoms with Crippen LogP contribution in [-0.2, 0) is 19.1 Å². The third-order valence-electron chi connectivity index (χ3n) is 3.08. The van der Waals surface area contributed by atoms with E-state index in [0.717, 1.165) is 4.90 Å². The van der Waals surface area contributed by atoms with Gasteiger partial charge in [-0.3, -0.25) is 19.8 Å². The third kappa shape index (κ3) is 2.23. The van der Waals surface area contributed by atoms with Crippen LogP contribution in [0.3, 0.4) is 0 Å². The van der Waals surface area contributed by atoms with E-state index in [-0.39, 0.29) is 12.6 Å². The van der Waals surface area contributed by atoms with Crippen molar-refractivity contribution in [3.63, 3.8) is 0 Å². The van der Waals surface area contributed by atoms with Crippen molar-refractivity contribution in [1.29, 1.82) is 0 Å². The Bertz CT molecular complexity index is 387. The number of rotatable bonds is 2. The molecule has 0 saturated carbocycles. The van der Waals surface area contributed by atoms with Gasteiger partial charge in [0, 0.05) is 0 Å². The number of nitrogens with zero attached hydrogens (tertiary/aromatic N) is 1. The molecule has 0 aliphatic carbocycles. The van der Waals surface area contributed by atoms with E-state index in [4.69, 9.17) is 9.47 Å². The second-order valence-corrected chi connectivity index (χ2v) is 4.87. The standard InChI is InChI=1S/C11H16N2O5/c1-11(2)8(14)12-10(16)13(9(11)15)5-7-6-17-3-4-18-7/h7H,3-6H2,1-2H3,(H,12,14,16). The molecule has 1 unspecified atom stereocenters. The Kier molecular flexibility index (Phi) is 3.36. The molecular weight excluding hydrogens is 240 g/mol. The number of nitrogens with one attached hydrogen (secondary N) is 1. The molecule has 1 N–H and O–H groups in total. The molecular formula is C11H16N2O5. The van der Waals surface area contributed by atoms with Crippen LogP contribution < -0.4 is 5.32 Å². The first-order valence-electron chi connectivity index (χ1n) is 5.79. The van der Waals surface area contributed by atoms with Crippen LogP contribution in [-0.4, -0.2) is 55.2 Å². The molecule has 7 heteroatoms. The predicted molar refractivity (Wildman–Crippen MR) is 59.6 cm³/mol. The number of urea groups is 1. The number of carbonyl (C=O) groups excluding carboxylic acids is 3. The Hall–Kier alpha value is -1.47. The van der Waals surface area contributed by atoms with Crippen LogP contribution in [0.15, 0.2) is 0 Å². The van der Waals surface area contributed by atoms with Gasteiger partial charge in [-0.15, -0.1) is 0 Å². The van der Waals surface area contributed by atoms with Gasteiger partial charge in [-0.05, 0) is 13.8 Å². The first kappa shape index (κ1) is 13.0. The predicted octanol–water partition coefficient (Wildman–Crippen LogP) is -0.494. The van der Waals surface area contributed by atoms with Gasteiger partial charge in [-0.25, -0.2) is 4.79 Å². The van der Waals surface area contributed by atoms with E-state index in [1.54, 1.807) is 0 Å². The molecule has 2 saturated heterocycles. The van der Waals surface area contributed by atoms with Crippen molar-refractivity contribution in [3.05, 3.63) is 0 Å². The Labute approximate surface area is 104 Å². The Morgan fingerprint density at radius 1 is 1.33 bits per heavy atom. The molecule has 2 rings (SSSR count). The fraction of sp³-hybridized carbons (Fsp3) is 0.727. The van der Waals surface area contributed by atoms with Crippen molar-refractivity contribution in [2.45, 2.75) is 20.0 Å². The molecule has 0 aromatic rings. The van der Waals surface area contributed by atoms with E-state index in [1.165, 1.54) is 13.8 Å². The van der Waals surface area contributed by atoms with Gasteiger partial charge in [0.25, 0.3) is 0 Å². The van der Waals surface area contributed by atoms with Gasteiger partial charge >= 0.3 is 6.03 Å². The minimum Gasteiger partial charge on any atom is -0.376 e. The number of amides is 4. The normalized spacial score (nSPS) is 28.2. The van der Waals surface area contributed by atoms with Crippen LogP contribution in [0.25, 0.3) is 0 Å². The largest absolute Gasteiger partial charge is 0.376 e. The van der Waals surface area contributed by atoms with Crippen LogP contribution in [0, 0.1) is 5.41 Å². The fourth-order valence-electron chi connectivity index (χ4n) is 1.86. The van der Waals surface area contributed by atoms with Crippen molar-refractivity contribution in [2.75, 3.05) is 26.4 Å². The molecule has 2 aliphatic heterocycles. The van der Waals surface area contributed by atoms with E-state index in [9.17, 15) is 14.4 Å². The van der Waals surface area contributed by atoms with Gasteiger partial charge in [0.2, 0.25) is 11.8 Å². The zero-order valence-corrected chi connectivity index (χ0v) is 10.4. The topological polar surface area (TPSA) is 84.9 Å². The molecule has 2 fully saturated rings. The van der Waals surface area contributed by atoms with Gasteiger partial charge in [0.05, 0.1) is 32.5 Å². The number of hydrogen-bond donors (Lipinski definition) is 1. The maximum Gasteiger partial charge on any atom is 0.330 e. The smallest absolute Gasteiger partial charge is 0.330 e. The Morgan fingerprint density at radius 3 is 2.67 bits per heavy atom. The lowest BCUT2D eigenvalue weighted by Gasteiger charge is -2.36. The number of hydrogen-bond acceptors (Lipinski definition) is 5. The highest BCUT2D eigenvalue weighted by atomic mass is 16.6. The SMILES string of the molecule is CC1(C)C(=O)NC(=O)N(CC2COCCO2)C1=O. The molecule has 0 spiro atoms. The quantitative estimate of drug-likeness (QED) is 0.674. The van der Waals surface area contributed by atoms with Gasteiger partial charge in [-0.1, -0.05) is 0 Å². The summed E-state index contributed by atoms with van der Waals surface area (Å²) in [6, 6.07) is -0.696. The molecule has 100 valence electrons. The Balaban J connectivity index is 2.08. The summed E-state index contributed by atoms with van der Waals surface area (Å²) in [4.78, 5) is 36.3. The maximum absolute atomic E-state index is 12.1. The molecule has 4 amide bonds. The molecule has 2 heterocycles.